The number of aryl methyl sites for hydroxylation is 1. The minimum absolute atomic E-state index is 0.0132. The van der Waals surface area contributed by atoms with Crippen LogP contribution in [-0.4, -0.2) is 54.3 Å². The number of amides is 1. The van der Waals surface area contributed by atoms with E-state index in [1.807, 2.05) is 61.5 Å². The summed E-state index contributed by atoms with van der Waals surface area (Å²) in [5.41, 5.74) is 1.77. The molecule has 5 heteroatoms. The number of carbonyl (C=O) groups excluding carboxylic acids is 1. The molecule has 0 aromatic heterocycles. The minimum Gasteiger partial charge on any atom is -0.491 e. The molecule has 1 amide bonds. The lowest BCUT2D eigenvalue weighted by molar-refractivity contribution is 0.0566. The van der Waals surface area contributed by atoms with E-state index in [4.69, 9.17) is 4.74 Å². The zero-order chi connectivity index (χ0) is 19.1. The van der Waals surface area contributed by atoms with Crippen molar-refractivity contribution in [3.8, 4) is 5.75 Å². The number of nitrogens with zero attached hydrogens (tertiary/aromatic N) is 1. The smallest absolute Gasteiger partial charge is 0.251 e. The molecule has 3 rings (SSSR count). The normalized spacial score (nSPS) is 16.7. The predicted molar refractivity (Wildman–Crippen MR) is 106 cm³/mol. The van der Waals surface area contributed by atoms with Crippen LogP contribution in [0.2, 0.25) is 0 Å². The van der Waals surface area contributed by atoms with Crippen molar-refractivity contribution in [3.05, 3.63) is 65.7 Å². The van der Waals surface area contributed by atoms with Gasteiger partial charge in [0.15, 0.2) is 0 Å². The average molecular weight is 368 g/mol. The fourth-order valence-electron chi connectivity index (χ4n) is 3.37. The third kappa shape index (κ3) is 5.81. The Kier molecular flexibility index (Phi) is 6.85. The number of β-amino-alcohol motifs (C(OH)–C–C–N with tert-alkyl or cyclic N) is 1. The Labute approximate surface area is 161 Å². The second-order valence-electron chi connectivity index (χ2n) is 7.14. The molecule has 1 aliphatic rings. The molecule has 2 aromatic rings. The summed E-state index contributed by atoms with van der Waals surface area (Å²) in [6, 6.07) is 17.3. The molecular weight excluding hydrogens is 340 g/mol. The van der Waals surface area contributed by atoms with Crippen LogP contribution in [-0.2, 0) is 0 Å². The van der Waals surface area contributed by atoms with E-state index in [-0.39, 0.29) is 18.6 Å². The number of hydrogen-bond donors (Lipinski definition) is 2. The summed E-state index contributed by atoms with van der Waals surface area (Å²) >= 11 is 0. The molecule has 1 aliphatic heterocycles. The van der Waals surface area contributed by atoms with Gasteiger partial charge in [0.1, 0.15) is 18.5 Å². The van der Waals surface area contributed by atoms with Crippen LogP contribution in [0.25, 0.3) is 0 Å². The van der Waals surface area contributed by atoms with Gasteiger partial charge in [0.05, 0.1) is 0 Å². The zero-order valence-corrected chi connectivity index (χ0v) is 15.8. The molecule has 0 aliphatic carbocycles. The van der Waals surface area contributed by atoms with E-state index < -0.39 is 6.10 Å². The van der Waals surface area contributed by atoms with Crippen molar-refractivity contribution in [3.63, 3.8) is 0 Å². The summed E-state index contributed by atoms with van der Waals surface area (Å²) in [5.74, 6) is 0.805. The summed E-state index contributed by atoms with van der Waals surface area (Å²) < 4.78 is 5.73. The highest BCUT2D eigenvalue weighted by Crippen LogP contribution is 2.17. The largest absolute Gasteiger partial charge is 0.491 e. The first-order chi connectivity index (χ1) is 13.1. The fraction of sp³-hybridized carbons (Fsp3) is 0.409. The van der Waals surface area contributed by atoms with Gasteiger partial charge < -0.3 is 20.1 Å². The second kappa shape index (κ2) is 9.53. The molecule has 0 spiro atoms. The van der Waals surface area contributed by atoms with E-state index in [0.717, 1.165) is 37.2 Å². The van der Waals surface area contributed by atoms with Crippen LogP contribution in [0.3, 0.4) is 0 Å². The zero-order valence-electron chi connectivity index (χ0n) is 15.8. The van der Waals surface area contributed by atoms with Crippen LogP contribution in [0.5, 0.6) is 5.75 Å². The van der Waals surface area contributed by atoms with Crippen LogP contribution in [0.15, 0.2) is 54.6 Å². The van der Waals surface area contributed by atoms with Gasteiger partial charge in [-0.25, -0.2) is 0 Å². The van der Waals surface area contributed by atoms with Crippen LogP contribution in [0.1, 0.15) is 28.8 Å². The Hall–Kier alpha value is -2.37. The molecule has 0 bridgehead atoms. The number of benzene rings is 2. The molecule has 1 fully saturated rings. The molecule has 0 unspecified atom stereocenters. The van der Waals surface area contributed by atoms with E-state index >= 15 is 0 Å². The standard InChI is InChI=1S/C22H28N2O3/c1-17-7-5-6-10-21(17)27-16-20(25)15-24-13-11-19(12-14-24)23-22(26)18-8-3-2-4-9-18/h2-10,19-20,25H,11-16H2,1H3,(H,23,26)/t20-/m1/s1. The highest BCUT2D eigenvalue weighted by atomic mass is 16.5. The lowest BCUT2D eigenvalue weighted by Crippen LogP contribution is -2.47. The number of piperidine rings is 1. The summed E-state index contributed by atoms with van der Waals surface area (Å²) in [4.78, 5) is 14.5. The van der Waals surface area contributed by atoms with Crippen molar-refractivity contribution in [2.24, 2.45) is 0 Å². The van der Waals surface area contributed by atoms with Gasteiger partial charge in [-0.2, -0.15) is 0 Å². The fourth-order valence-corrected chi connectivity index (χ4v) is 3.37. The van der Waals surface area contributed by atoms with Crippen LogP contribution < -0.4 is 10.1 Å². The minimum atomic E-state index is -0.528. The van der Waals surface area contributed by atoms with Gasteiger partial charge in [0.25, 0.3) is 5.91 Å². The lowest BCUT2D eigenvalue weighted by Gasteiger charge is -2.33. The predicted octanol–water partition coefficient (Wildman–Crippen LogP) is 2.63. The van der Waals surface area contributed by atoms with E-state index in [9.17, 15) is 9.90 Å². The summed E-state index contributed by atoms with van der Waals surface area (Å²) in [6.45, 7) is 4.60. The molecule has 0 radical (unpaired) electrons. The third-order valence-corrected chi connectivity index (χ3v) is 4.95. The monoisotopic (exact) mass is 368 g/mol. The van der Waals surface area contributed by atoms with E-state index in [0.29, 0.717) is 12.1 Å². The van der Waals surface area contributed by atoms with E-state index in [1.165, 1.54) is 0 Å². The maximum atomic E-state index is 12.2. The van der Waals surface area contributed by atoms with Gasteiger partial charge in [0.2, 0.25) is 0 Å². The number of ether oxygens (including phenoxy) is 1. The molecular formula is C22H28N2O3. The Morgan fingerprint density at radius 2 is 1.81 bits per heavy atom. The van der Waals surface area contributed by atoms with E-state index in [1.54, 1.807) is 0 Å². The Morgan fingerprint density at radius 1 is 1.15 bits per heavy atom. The SMILES string of the molecule is Cc1ccccc1OC[C@H](O)CN1CCC(NC(=O)c2ccccc2)CC1. The first kappa shape index (κ1) is 19.4. The first-order valence-electron chi connectivity index (χ1n) is 9.56. The Bertz CT molecular complexity index is 727. The Morgan fingerprint density at radius 3 is 2.52 bits per heavy atom. The molecule has 1 heterocycles. The lowest BCUT2D eigenvalue weighted by atomic mass is 10.0. The van der Waals surface area contributed by atoms with Gasteiger partial charge >= 0.3 is 0 Å². The molecule has 1 atom stereocenters. The molecule has 1 saturated heterocycles. The molecule has 144 valence electrons. The van der Waals surface area contributed by atoms with Crippen molar-refractivity contribution in [1.82, 2.24) is 10.2 Å². The van der Waals surface area contributed by atoms with Gasteiger partial charge in [-0.05, 0) is 43.5 Å². The summed E-state index contributed by atoms with van der Waals surface area (Å²) in [7, 11) is 0. The summed E-state index contributed by atoms with van der Waals surface area (Å²) in [6.07, 6.45) is 1.26. The number of nitrogens with one attached hydrogen (secondary N) is 1. The topological polar surface area (TPSA) is 61.8 Å². The number of carbonyl (C=O) groups is 1. The van der Waals surface area contributed by atoms with Gasteiger partial charge in [-0.15, -0.1) is 0 Å². The number of likely N-dealkylation sites (tertiary alicyclic amines) is 1. The number of para-hydroxylation sites is 1. The first-order valence-corrected chi connectivity index (χ1v) is 9.56. The number of aliphatic hydroxyl groups is 1. The van der Waals surface area contributed by atoms with Gasteiger partial charge in [0, 0.05) is 31.2 Å². The molecule has 2 aromatic carbocycles. The van der Waals surface area contributed by atoms with Crippen molar-refractivity contribution in [1.29, 1.82) is 0 Å². The van der Waals surface area contributed by atoms with Crippen LogP contribution in [0, 0.1) is 6.92 Å². The third-order valence-electron chi connectivity index (χ3n) is 4.95. The highest BCUT2D eigenvalue weighted by molar-refractivity contribution is 5.94. The van der Waals surface area contributed by atoms with Crippen molar-refractivity contribution in [2.45, 2.75) is 31.9 Å². The van der Waals surface area contributed by atoms with E-state index in [2.05, 4.69) is 10.2 Å². The van der Waals surface area contributed by atoms with Crippen LogP contribution in [0.4, 0.5) is 0 Å². The summed E-state index contributed by atoms with van der Waals surface area (Å²) in [5, 5.41) is 13.4. The molecule has 5 nitrogen and oxygen atoms in total. The molecule has 27 heavy (non-hydrogen) atoms. The highest BCUT2D eigenvalue weighted by Gasteiger charge is 2.22. The average Bonchev–Trinajstić information content (AvgIpc) is 2.69. The van der Waals surface area contributed by atoms with Gasteiger partial charge in [-0.1, -0.05) is 36.4 Å². The maximum Gasteiger partial charge on any atom is 0.251 e. The maximum absolute atomic E-state index is 12.2. The quantitative estimate of drug-likeness (QED) is 0.789. The molecule has 0 saturated carbocycles. The van der Waals surface area contributed by atoms with Crippen molar-refractivity contribution < 1.29 is 14.6 Å². The van der Waals surface area contributed by atoms with Gasteiger partial charge in [-0.3, -0.25) is 4.79 Å². The number of hydrogen-bond acceptors (Lipinski definition) is 4. The van der Waals surface area contributed by atoms with Crippen molar-refractivity contribution >= 4 is 5.91 Å². The van der Waals surface area contributed by atoms with Crippen LogP contribution >= 0.6 is 0 Å². The number of aliphatic hydroxyl groups excluding tert-OH is 1. The van der Waals surface area contributed by atoms with Crippen molar-refractivity contribution in [2.75, 3.05) is 26.2 Å². The second-order valence-corrected chi connectivity index (χ2v) is 7.14. The number of rotatable bonds is 7. The Balaban J connectivity index is 1.37. The molecule has 2 N–H and O–H groups in total.